The summed E-state index contributed by atoms with van der Waals surface area (Å²) in [5.41, 5.74) is 0.339. The Kier molecular flexibility index (Phi) is 6.85. The highest BCUT2D eigenvalue weighted by atomic mass is 19.1. The van der Waals surface area contributed by atoms with E-state index in [0.29, 0.717) is 13.0 Å². The lowest BCUT2D eigenvalue weighted by Gasteiger charge is -2.25. The van der Waals surface area contributed by atoms with Crippen LogP contribution in [0.3, 0.4) is 0 Å². The first kappa shape index (κ1) is 22.6. The molecule has 1 N–H and O–H groups in total. The molecular formula is C24H25F2NO4. The summed E-state index contributed by atoms with van der Waals surface area (Å²) in [5.74, 6) is -3.25. The summed E-state index contributed by atoms with van der Waals surface area (Å²) >= 11 is 0. The van der Waals surface area contributed by atoms with Crippen molar-refractivity contribution in [2.45, 2.75) is 39.3 Å². The molecule has 5 nitrogen and oxygen atoms in total. The van der Waals surface area contributed by atoms with Gasteiger partial charge < -0.3 is 14.7 Å². The number of amides is 1. The Labute approximate surface area is 179 Å². The van der Waals surface area contributed by atoms with E-state index in [9.17, 15) is 23.5 Å². The smallest absolute Gasteiger partial charge is 0.295 e. The SMILES string of the molecule is Cc1cc(/C(O)=C2\C(=O)C(=O)N(CCCOC(C)C)C2c2ccccc2F)ccc1F. The van der Waals surface area contributed by atoms with Gasteiger partial charge in [-0.25, -0.2) is 8.78 Å². The van der Waals surface area contributed by atoms with E-state index < -0.39 is 35.1 Å². The van der Waals surface area contributed by atoms with Gasteiger partial charge in [0.25, 0.3) is 11.7 Å². The van der Waals surface area contributed by atoms with Crippen LogP contribution in [0.5, 0.6) is 0 Å². The lowest BCUT2D eigenvalue weighted by Crippen LogP contribution is -2.31. The van der Waals surface area contributed by atoms with Crippen molar-refractivity contribution < 1.29 is 28.2 Å². The molecule has 1 fully saturated rings. The van der Waals surface area contributed by atoms with E-state index >= 15 is 0 Å². The van der Waals surface area contributed by atoms with Crippen molar-refractivity contribution in [2.24, 2.45) is 0 Å². The van der Waals surface area contributed by atoms with Crippen molar-refractivity contribution >= 4 is 17.4 Å². The Morgan fingerprint density at radius 3 is 2.48 bits per heavy atom. The van der Waals surface area contributed by atoms with Gasteiger partial charge in [0.15, 0.2) is 0 Å². The number of benzene rings is 2. The van der Waals surface area contributed by atoms with Gasteiger partial charge >= 0.3 is 0 Å². The molecule has 0 radical (unpaired) electrons. The van der Waals surface area contributed by atoms with Gasteiger partial charge in [-0.2, -0.15) is 0 Å². The summed E-state index contributed by atoms with van der Waals surface area (Å²) in [4.78, 5) is 26.9. The monoisotopic (exact) mass is 429 g/mol. The minimum absolute atomic E-state index is 0.0134. The number of halogens is 2. The Morgan fingerprint density at radius 2 is 1.84 bits per heavy atom. The molecule has 1 amide bonds. The second-order valence-corrected chi connectivity index (χ2v) is 7.75. The van der Waals surface area contributed by atoms with E-state index in [1.165, 1.54) is 48.2 Å². The number of hydrogen-bond acceptors (Lipinski definition) is 4. The number of hydrogen-bond donors (Lipinski definition) is 1. The Morgan fingerprint density at radius 1 is 1.13 bits per heavy atom. The normalized spacial score (nSPS) is 18.3. The van der Waals surface area contributed by atoms with E-state index in [1.54, 1.807) is 6.07 Å². The number of carbonyl (C=O) groups is 2. The summed E-state index contributed by atoms with van der Waals surface area (Å²) < 4.78 is 33.9. The van der Waals surface area contributed by atoms with E-state index in [0.717, 1.165) is 0 Å². The molecule has 164 valence electrons. The minimum Gasteiger partial charge on any atom is -0.507 e. The Balaban J connectivity index is 2.07. The minimum atomic E-state index is -1.09. The van der Waals surface area contributed by atoms with Crippen LogP contribution in [0.15, 0.2) is 48.0 Å². The average Bonchev–Trinajstić information content (AvgIpc) is 2.97. The number of Topliss-reactive ketones (excluding diaryl/α,β-unsaturated/α-hetero) is 1. The highest BCUT2D eigenvalue weighted by molar-refractivity contribution is 6.46. The molecule has 1 aliphatic rings. The molecule has 3 rings (SSSR count). The summed E-state index contributed by atoms with van der Waals surface area (Å²) in [6, 6.07) is 8.60. The maximum Gasteiger partial charge on any atom is 0.295 e. The molecule has 1 saturated heterocycles. The van der Waals surface area contributed by atoms with Crippen LogP contribution < -0.4 is 0 Å². The molecule has 1 atom stereocenters. The van der Waals surface area contributed by atoms with Crippen molar-refractivity contribution in [3.63, 3.8) is 0 Å². The van der Waals surface area contributed by atoms with E-state index in [1.807, 2.05) is 13.8 Å². The quantitative estimate of drug-likeness (QED) is 0.304. The molecule has 1 heterocycles. The topological polar surface area (TPSA) is 66.8 Å². The molecule has 0 bridgehead atoms. The highest BCUT2D eigenvalue weighted by Crippen LogP contribution is 2.40. The summed E-state index contributed by atoms with van der Waals surface area (Å²) in [7, 11) is 0. The first-order valence-electron chi connectivity index (χ1n) is 10.1. The van der Waals surface area contributed by atoms with Crippen LogP contribution in [0.2, 0.25) is 0 Å². The molecule has 1 unspecified atom stereocenters. The fraction of sp³-hybridized carbons (Fsp3) is 0.333. The van der Waals surface area contributed by atoms with Crippen molar-refractivity contribution in [2.75, 3.05) is 13.2 Å². The molecule has 2 aromatic rings. The number of rotatable bonds is 7. The fourth-order valence-corrected chi connectivity index (χ4v) is 3.63. The van der Waals surface area contributed by atoms with Crippen molar-refractivity contribution in [1.29, 1.82) is 0 Å². The van der Waals surface area contributed by atoms with Crippen LogP contribution in [-0.4, -0.2) is 41.0 Å². The number of carbonyl (C=O) groups excluding carboxylic acids is 2. The van der Waals surface area contributed by atoms with E-state index in [4.69, 9.17) is 4.74 Å². The lowest BCUT2D eigenvalue weighted by molar-refractivity contribution is -0.140. The van der Waals surface area contributed by atoms with Crippen molar-refractivity contribution in [1.82, 2.24) is 4.90 Å². The fourth-order valence-electron chi connectivity index (χ4n) is 3.63. The van der Waals surface area contributed by atoms with Crippen LogP contribution in [0, 0.1) is 18.6 Å². The standard InChI is InChI=1S/C24H25F2NO4/c1-14(2)31-12-6-11-27-21(17-7-4-5-8-19(17)26)20(23(29)24(27)30)22(28)16-9-10-18(25)15(3)13-16/h4-5,7-10,13-14,21,28H,6,11-12H2,1-3H3/b22-20+. The number of aliphatic hydroxyl groups is 1. The largest absolute Gasteiger partial charge is 0.507 e. The zero-order valence-corrected chi connectivity index (χ0v) is 17.7. The van der Waals surface area contributed by atoms with E-state index in [2.05, 4.69) is 0 Å². The van der Waals surface area contributed by atoms with Crippen molar-refractivity contribution in [3.8, 4) is 0 Å². The average molecular weight is 429 g/mol. The zero-order chi connectivity index (χ0) is 22.7. The molecule has 0 aliphatic carbocycles. The molecule has 0 saturated carbocycles. The van der Waals surface area contributed by atoms with Crippen LogP contribution in [0.1, 0.15) is 43.0 Å². The molecular weight excluding hydrogens is 404 g/mol. The van der Waals surface area contributed by atoms with Gasteiger partial charge in [-0.1, -0.05) is 18.2 Å². The number of ether oxygens (including phenoxy) is 1. The van der Waals surface area contributed by atoms with Gasteiger partial charge in [-0.05, 0) is 57.0 Å². The van der Waals surface area contributed by atoms with Crippen LogP contribution in [-0.2, 0) is 14.3 Å². The van der Waals surface area contributed by atoms with Gasteiger partial charge in [0.1, 0.15) is 17.4 Å². The highest BCUT2D eigenvalue weighted by Gasteiger charge is 2.46. The van der Waals surface area contributed by atoms with Crippen LogP contribution >= 0.6 is 0 Å². The van der Waals surface area contributed by atoms with Crippen LogP contribution in [0.4, 0.5) is 8.78 Å². The third kappa shape index (κ3) is 4.66. The number of aliphatic hydroxyl groups excluding tert-OH is 1. The third-order valence-electron chi connectivity index (χ3n) is 5.17. The van der Waals surface area contributed by atoms with Gasteiger partial charge in [0.2, 0.25) is 0 Å². The lowest BCUT2D eigenvalue weighted by atomic mass is 9.94. The van der Waals surface area contributed by atoms with Gasteiger partial charge in [-0.15, -0.1) is 0 Å². The first-order valence-corrected chi connectivity index (χ1v) is 10.1. The molecule has 31 heavy (non-hydrogen) atoms. The van der Waals surface area contributed by atoms with Crippen LogP contribution in [0.25, 0.3) is 5.76 Å². The summed E-state index contributed by atoms with van der Waals surface area (Å²) in [6.45, 7) is 5.80. The second-order valence-electron chi connectivity index (χ2n) is 7.75. The second kappa shape index (κ2) is 9.39. The first-order chi connectivity index (χ1) is 14.7. The van der Waals surface area contributed by atoms with Gasteiger partial charge in [0.05, 0.1) is 17.7 Å². The van der Waals surface area contributed by atoms with Gasteiger partial charge in [-0.3, -0.25) is 9.59 Å². The molecule has 0 aromatic heterocycles. The molecule has 1 aliphatic heterocycles. The van der Waals surface area contributed by atoms with Crippen molar-refractivity contribution in [3.05, 3.63) is 76.4 Å². The number of likely N-dealkylation sites (tertiary alicyclic amines) is 1. The van der Waals surface area contributed by atoms with E-state index in [-0.39, 0.29) is 34.9 Å². The molecule has 7 heteroatoms. The summed E-state index contributed by atoms with van der Waals surface area (Å²) in [5, 5.41) is 10.9. The maximum atomic E-state index is 14.7. The molecule has 2 aromatic carbocycles. The summed E-state index contributed by atoms with van der Waals surface area (Å²) in [6.07, 6.45) is 0.450. The maximum absolute atomic E-state index is 14.7. The number of ketones is 1. The Bertz CT molecular complexity index is 1030. The predicted molar refractivity (Wildman–Crippen MR) is 112 cm³/mol. The zero-order valence-electron chi connectivity index (χ0n) is 17.7. The van der Waals surface area contributed by atoms with Gasteiger partial charge in [0, 0.05) is 24.3 Å². The Hall–Kier alpha value is -3.06. The number of aryl methyl sites for hydroxylation is 1. The number of nitrogens with zero attached hydrogens (tertiary/aromatic N) is 1. The third-order valence-corrected chi connectivity index (χ3v) is 5.17. The predicted octanol–water partition coefficient (Wildman–Crippen LogP) is 4.51. The molecule has 0 spiro atoms.